The van der Waals surface area contributed by atoms with Gasteiger partial charge in [0.25, 0.3) is 0 Å². The zero-order valence-corrected chi connectivity index (χ0v) is 13.3. The first-order valence-corrected chi connectivity index (χ1v) is 7.25. The van der Waals surface area contributed by atoms with Crippen LogP contribution in [-0.4, -0.2) is 43.3 Å². The van der Waals surface area contributed by atoms with E-state index in [2.05, 4.69) is 0 Å². The van der Waals surface area contributed by atoms with Gasteiger partial charge in [-0.25, -0.2) is 4.79 Å². The molecule has 0 saturated heterocycles. The summed E-state index contributed by atoms with van der Waals surface area (Å²) >= 11 is 0. The predicted octanol–water partition coefficient (Wildman–Crippen LogP) is 2.83. The monoisotopic (exact) mass is 285 g/mol. The maximum atomic E-state index is 11.9. The molecule has 0 heterocycles. The normalized spacial score (nSPS) is 23.1. The summed E-state index contributed by atoms with van der Waals surface area (Å²) in [5.74, 6) is 0.362. The van der Waals surface area contributed by atoms with Gasteiger partial charge in [-0.2, -0.15) is 0 Å². The summed E-state index contributed by atoms with van der Waals surface area (Å²) in [6, 6.07) is 0. The predicted molar refractivity (Wildman–Crippen MR) is 76.3 cm³/mol. The highest BCUT2D eigenvalue weighted by atomic mass is 16.6. The van der Waals surface area contributed by atoms with E-state index in [1.807, 2.05) is 20.8 Å². The van der Waals surface area contributed by atoms with E-state index in [0.29, 0.717) is 12.5 Å². The molecule has 116 valence electrons. The van der Waals surface area contributed by atoms with Gasteiger partial charge in [0.2, 0.25) is 0 Å². The SMILES string of the molecule is COC(=O)[C@H]1CC[C@H](CN(C)C(=O)OC(C)(C)C)CC1. The average molecular weight is 285 g/mol. The number of hydrogen-bond donors (Lipinski definition) is 0. The summed E-state index contributed by atoms with van der Waals surface area (Å²) in [6.07, 6.45) is 3.31. The molecule has 0 aromatic carbocycles. The smallest absolute Gasteiger partial charge is 0.410 e. The molecule has 1 fully saturated rings. The van der Waals surface area contributed by atoms with E-state index in [1.54, 1.807) is 11.9 Å². The lowest BCUT2D eigenvalue weighted by atomic mass is 9.82. The van der Waals surface area contributed by atoms with Gasteiger partial charge in [0, 0.05) is 13.6 Å². The van der Waals surface area contributed by atoms with Crippen LogP contribution in [0.4, 0.5) is 4.79 Å². The molecule has 1 saturated carbocycles. The fourth-order valence-corrected chi connectivity index (χ4v) is 2.55. The summed E-state index contributed by atoms with van der Waals surface area (Å²) in [4.78, 5) is 25.0. The van der Waals surface area contributed by atoms with Crippen LogP contribution in [0.5, 0.6) is 0 Å². The quantitative estimate of drug-likeness (QED) is 0.748. The molecule has 5 heteroatoms. The highest BCUT2D eigenvalue weighted by Crippen LogP contribution is 2.30. The Balaban J connectivity index is 2.36. The Morgan fingerprint density at radius 2 is 1.70 bits per heavy atom. The summed E-state index contributed by atoms with van der Waals surface area (Å²) in [5.41, 5.74) is -0.464. The summed E-state index contributed by atoms with van der Waals surface area (Å²) in [7, 11) is 3.20. The minimum absolute atomic E-state index is 0.0306. The first-order chi connectivity index (χ1) is 9.23. The van der Waals surface area contributed by atoms with Crippen molar-refractivity contribution in [3.63, 3.8) is 0 Å². The molecule has 0 unspecified atom stereocenters. The molecule has 0 bridgehead atoms. The molecule has 1 aliphatic carbocycles. The van der Waals surface area contributed by atoms with Gasteiger partial charge < -0.3 is 14.4 Å². The number of methoxy groups -OCH3 is 1. The molecule has 1 rings (SSSR count). The Hall–Kier alpha value is -1.26. The van der Waals surface area contributed by atoms with E-state index >= 15 is 0 Å². The third-order valence-corrected chi connectivity index (χ3v) is 3.62. The van der Waals surface area contributed by atoms with Crippen LogP contribution in [0.2, 0.25) is 0 Å². The zero-order chi connectivity index (χ0) is 15.3. The molecule has 0 atom stereocenters. The first kappa shape index (κ1) is 16.8. The Kier molecular flexibility index (Phi) is 5.84. The lowest BCUT2D eigenvalue weighted by molar-refractivity contribution is -0.146. The zero-order valence-electron chi connectivity index (χ0n) is 13.3. The van der Waals surface area contributed by atoms with Gasteiger partial charge in [-0.05, 0) is 52.4 Å². The molecule has 0 radical (unpaired) electrons. The Morgan fingerprint density at radius 3 is 2.15 bits per heavy atom. The number of ether oxygens (including phenoxy) is 2. The van der Waals surface area contributed by atoms with Crippen LogP contribution in [0.1, 0.15) is 46.5 Å². The van der Waals surface area contributed by atoms with Gasteiger partial charge in [0.05, 0.1) is 13.0 Å². The Labute approximate surface area is 121 Å². The number of nitrogens with zero attached hydrogens (tertiary/aromatic N) is 1. The van der Waals surface area contributed by atoms with E-state index < -0.39 is 5.60 Å². The first-order valence-electron chi connectivity index (χ1n) is 7.25. The van der Waals surface area contributed by atoms with Crippen LogP contribution in [0, 0.1) is 11.8 Å². The van der Waals surface area contributed by atoms with Gasteiger partial charge in [-0.1, -0.05) is 0 Å². The molecule has 0 aromatic rings. The lowest BCUT2D eigenvalue weighted by Gasteiger charge is -2.31. The van der Waals surface area contributed by atoms with Crippen molar-refractivity contribution in [2.75, 3.05) is 20.7 Å². The van der Waals surface area contributed by atoms with Crippen LogP contribution in [0.15, 0.2) is 0 Å². The second-order valence-corrected chi connectivity index (χ2v) is 6.60. The molecule has 20 heavy (non-hydrogen) atoms. The lowest BCUT2D eigenvalue weighted by Crippen LogP contribution is -2.38. The molecule has 0 N–H and O–H groups in total. The van der Waals surface area contributed by atoms with Gasteiger partial charge in [-0.15, -0.1) is 0 Å². The van der Waals surface area contributed by atoms with Crippen molar-refractivity contribution in [3.8, 4) is 0 Å². The fourth-order valence-electron chi connectivity index (χ4n) is 2.55. The van der Waals surface area contributed by atoms with Crippen molar-refractivity contribution in [1.29, 1.82) is 0 Å². The maximum absolute atomic E-state index is 11.9. The maximum Gasteiger partial charge on any atom is 0.410 e. The fraction of sp³-hybridized carbons (Fsp3) is 0.867. The van der Waals surface area contributed by atoms with Gasteiger partial charge in [-0.3, -0.25) is 4.79 Å². The van der Waals surface area contributed by atoms with Crippen LogP contribution < -0.4 is 0 Å². The number of amides is 1. The highest BCUT2D eigenvalue weighted by molar-refractivity contribution is 5.72. The largest absolute Gasteiger partial charge is 0.469 e. The van der Waals surface area contributed by atoms with Crippen LogP contribution >= 0.6 is 0 Å². The summed E-state index contributed by atoms with van der Waals surface area (Å²) < 4.78 is 10.1. The van der Waals surface area contributed by atoms with E-state index in [-0.39, 0.29) is 18.0 Å². The molecule has 1 amide bonds. The third kappa shape index (κ3) is 5.39. The minimum atomic E-state index is -0.464. The van der Waals surface area contributed by atoms with Crippen molar-refractivity contribution >= 4 is 12.1 Å². The minimum Gasteiger partial charge on any atom is -0.469 e. The molecule has 0 aromatic heterocycles. The number of carbonyl (C=O) groups is 2. The van der Waals surface area contributed by atoms with Crippen LogP contribution in [0.3, 0.4) is 0 Å². The molecule has 5 nitrogen and oxygen atoms in total. The summed E-state index contributed by atoms with van der Waals surface area (Å²) in [6.45, 7) is 6.27. The Bertz CT molecular complexity index is 340. The topological polar surface area (TPSA) is 55.8 Å². The number of esters is 1. The summed E-state index contributed by atoms with van der Waals surface area (Å²) in [5, 5.41) is 0. The van der Waals surface area contributed by atoms with E-state index in [9.17, 15) is 9.59 Å². The van der Waals surface area contributed by atoms with Crippen molar-refractivity contribution in [1.82, 2.24) is 4.90 Å². The van der Waals surface area contributed by atoms with E-state index in [0.717, 1.165) is 25.7 Å². The standard InChI is InChI=1S/C15H27NO4/c1-15(2,3)20-14(18)16(4)10-11-6-8-12(9-7-11)13(17)19-5/h11-12H,6-10H2,1-5H3/t11-,12-. The second kappa shape index (κ2) is 6.95. The van der Waals surface area contributed by atoms with Gasteiger partial charge >= 0.3 is 12.1 Å². The Morgan fingerprint density at radius 1 is 1.15 bits per heavy atom. The van der Waals surface area contributed by atoms with E-state index in [1.165, 1.54) is 7.11 Å². The van der Waals surface area contributed by atoms with Crippen molar-refractivity contribution < 1.29 is 19.1 Å². The second-order valence-electron chi connectivity index (χ2n) is 6.60. The number of carbonyl (C=O) groups excluding carboxylic acids is 2. The van der Waals surface area contributed by atoms with Gasteiger partial charge in [0.15, 0.2) is 0 Å². The molecular formula is C15H27NO4. The molecule has 1 aliphatic rings. The number of rotatable bonds is 3. The third-order valence-electron chi connectivity index (χ3n) is 3.62. The molecule has 0 spiro atoms. The van der Waals surface area contributed by atoms with Crippen molar-refractivity contribution in [3.05, 3.63) is 0 Å². The number of hydrogen-bond acceptors (Lipinski definition) is 4. The van der Waals surface area contributed by atoms with Crippen molar-refractivity contribution in [2.45, 2.75) is 52.1 Å². The van der Waals surface area contributed by atoms with Crippen molar-refractivity contribution in [2.24, 2.45) is 11.8 Å². The average Bonchev–Trinajstić information content (AvgIpc) is 2.36. The molecule has 0 aliphatic heterocycles. The molecular weight excluding hydrogens is 258 g/mol. The van der Waals surface area contributed by atoms with Crippen LogP contribution in [0.25, 0.3) is 0 Å². The highest BCUT2D eigenvalue weighted by Gasteiger charge is 2.29. The van der Waals surface area contributed by atoms with E-state index in [4.69, 9.17) is 9.47 Å². The van der Waals surface area contributed by atoms with Gasteiger partial charge in [0.1, 0.15) is 5.60 Å². The van der Waals surface area contributed by atoms with Crippen LogP contribution in [-0.2, 0) is 14.3 Å².